The summed E-state index contributed by atoms with van der Waals surface area (Å²) in [5, 5.41) is 17.8. The number of nitrogens with zero attached hydrogens (tertiary/aromatic N) is 4. The maximum absolute atomic E-state index is 11.0. The fraction of sp³-hybridized carbons (Fsp3) is 0.500. The summed E-state index contributed by atoms with van der Waals surface area (Å²) in [5.74, 6) is -1.77. The van der Waals surface area contributed by atoms with Gasteiger partial charge in [0, 0.05) is 65.4 Å². The van der Waals surface area contributed by atoms with E-state index in [4.69, 9.17) is 10.2 Å². The molecule has 0 aliphatic carbocycles. The molecule has 0 saturated heterocycles. The molecule has 0 saturated carbocycles. The molecule has 24 heavy (non-hydrogen) atoms. The third-order valence-electron chi connectivity index (χ3n) is 2.97. The van der Waals surface area contributed by atoms with E-state index in [9.17, 15) is 9.59 Å². The molecule has 2 N–H and O–H groups in total. The Morgan fingerprint density at radius 1 is 1.04 bits per heavy atom. The van der Waals surface area contributed by atoms with Crippen molar-refractivity contribution in [1.82, 2.24) is 16.1 Å². The van der Waals surface area contributed by atoms with Crippen LogP contribution in [0.5, 0.6) is 0 Å². The predicted octanol–water partition coefficient (Wildman–Crippen LogP) is 1.49. The quantitative estimate of drug-likeness (QED) is 0.310. The number of hydrogen-bond acceptors (Lipinski definition) is 6. The maximum Gasteiger partial charge on any atom is 0.318 e. The van der Waals surface area contributed by atoms with Crippen molar-refractivity contribution in [1.29, 1.82) is 0 Å². The van der Waals surface area contributed by atoms with Crippen LogP contribution in [0.3, 0.4) is 0 Å². The smallest absolute Gasteiger partial charge is 0.318 e. The largest absolute Gasteiger partial charge is 0.480 e. The topological polar surface area (TPSA) is 97.2 Å². The zero-order valence-electron chi connectivity index (χ0n) is 13.2. The molecule has 1 aromatic rings. The van der Waals surface area contributed by atoms with Gasteiger partial charge in [0.2, 0.25) is 0 Å². The number of pyridine rings is 1. The lowest BCUT2D eigenvalue weighted by atomic mass is 10.2. The molecule has 1 heterocycles. The van der Waals surface area contributed by atoms with Crippen molar-refractivity contribution in [3.63, 3.8) is 0 Å². The lowest BCUT2D eigenvalue weighted by Gasteiger charge is -2.21. The highest BCUT2D eigenvalue weighted by Crippen LogP contribution is 2.09. The van der Waals surface area contributed by atoms with Crippen molar-refractivity contribution in [3.05, 3.63) is 29.6 Å². The summed E-state index contributed by atoms with van der Waals surface area (Å²) >= 11 is 4.11. The Morgan fingerprint density at radius 2 is 1.62 bits per heavy atom. The van der Waals surface area contributed by atoms with E-state index in [1.54, 1.807) is 3.11 Å². The molecule has 0 spiro atoms. The molecule has 0 aliphatic heterocycles. The highest BCUT2D eigenvalue weighted by atomic mass is 127. The van der Waals surface area contributed by atoms with E-state index in [1.165, 1.54) is 0 Å². The minimum Gasteiger partial charge on any atom is -0.480 e. The SMILES string of the molecule is CN(I)CCN(CC(=O)O)Cc1cccc(CN(I)CC(=O)O)n1. The molecule has 1 rings (SSSR count). The van der Waals surface area contributed by atoms with Crippen LogP contribution in [0.1, 0.15) is 11.4 Å². The van der Waals surface area contributed by atoms with Gasteiger partial charge in [0.25, 0.3) is 0 Å². The maximum atomic E-state index is 11.0. The third-order valence-corrected chi connectivity index (χ3v) is 4.14. The first-order valence-electron chi connectivity index (χ1n) is 7.14. The molecule has 134 valence electrons. The first kappa shape index (κ1) is 21.5. The number of carboxylic acid groups (broad SMARTS) is 2. The summed E-state index contributed by atoms with van der Waals surface area (Å²) < 4.78 is 3.60. The van der Waals surface area contributed by atoms with Gasteiger partial charge in [-0.05, 0) is 19.2 Å². The third kappa shape index (κ3) is 9.66. The molecule has 0 bridgehead atoms. The zero-order chi connectivity index (χ0) is 18.1. The molecule has 0 unspecified atom stereocenters. The molecule has 8 nitrogen and oxygen atoms in total. The Morgan fingerprint density at radius 3 is 2.17 bits per heavy atom. The van der Waals surface area contributed by atoms with Crippen LogP contribution < -0.4 is 0 Å². The molecular formula is C14H20I2N4O4. The van der Waals surface area contributed by atoms with E-state index in [2.05, 4.69) is 27.8 Å². The van der Waals surface area contributed by atoms with Crippen LogP contribution in [-0.4, -0.2) is 71.5 Å². The van der Waals surface area contributed by atoms with Crippen LogP contribution in [0.15, 0.2) is 18.2 Å². The first-order chi connectivity index (χ1) is 11.3. The summed E-state index contributed by atoms with van der Waals surface area (Å²) in [6.07, 6.45) is 0. The average molecular weight is 562 g/mol. The Bertz CT molecular complexity index is 559. The van der Waals surface area contributed by atoms with Crippen molar-refractivity contribution in [3.8, 4) is 0 Å². The fourth-order valence-electron chi connectivity index (χ4n) is 2.00. The predicted molar refractivity (Wildman–Crippen MR) is 106 cm³/mol. The number of aliphatic carboxylic acids is 2. The highest BCUT2D eigenvalue weighted by molar-refractivity contribution is 14.1. The van der Waals surface area contributed by atoms with Crippen molar-refractivity contribution >= 4 is 57.7 Å². The molecular weight excluding hydrogens is 542 g/mol. The molecule has 1 aromatic heterocycles. The van der Waals surface area contributed by atoms with Crippen LogP contribution in [0, 0.1) is 0 Å². The van der Waals surface area contributed by atoms with Gasteiger partial charge >= 0.3 is 11.9 Å². The first-order valence-corrected chi connectivity index (χ1v) is 9.07. The van der Waals surface area contributed by atoms with E-state index >= 15 is 0 Å². The number of likely N-dealkylation sites (N-methyl/N-ethyl adjacent to an activating group) is 1. The summed E-state index contributed by atoms with van der Waals surface area (Å²) in [6, 6.07) is 5.53. The minimum atomic E-state index is -0.892. The molecule has 0 aromatic carbocycles. The lowest BCUT2D eigenvalue weighted by Crippen LogP contribution is -2.34. The monoisotopic (exact) mass is 562 g/mol. The number of aromatic nitrogens is 1. The van der Waals surface area contributed by atoms with Crippen LogP contribution in [0.25, 0.3) is 0 Å². The normalized spacial score (nSPS) is 11.4. The molecule has 0 radical (unpaired) electrons. The van der Waals surface area contributed by atoms with Gasteiger partial charge in [-0.2, -0.15) is 0 Å². The molecule has 0 atom stereocenters. The van der Waals surface area contributed by atoms with Crippen molar-refractivity contribution in [2.45, 2.75) is 13.1 Å². The summed E-state index contributed by atoms with van der Waals surface area (Å²) in [6.45, 7) is 2.09. The van der Waals surface area contributed by atoms with Gasteiger partial charge in [-0.15, -0.1) is 0 Å². The van der Waals surface area contributed by atoms with Crippen LogP contribution in [0.4, 0.5) is 0 Å². The Balaban J connectivity index is 2.71. The van der Waals surface area contributed by atoms with Crippen LogP contribution in [-0.2, 0) is 22.7 Å². The summed E-state index contributed by atoms with van der Waals surface area (Å²) in [5.41, 5.74) is 1.52. The number of carboxylic acids is 2. The minimum absolute atomic E-state index is 0.0478. The van der Waals surface area contributed by atoms with Gasteiger partial charge in [-0.25, -0.2) is 6.23 Å². The van der Waals surface area contributed by atoms with Gasteiger partial charge in [0.15, 0.2) is 0 Å². The molecule has 10 heteroatoms. The summed E-state index contributed by atoms with van der Waals surface area (Å²) in [7, 11) is 1.93. The van der Waals surface area contributed by atoms with Gasteiger partial charge in [0.05, 0.1) is 24.5 Å². The second kappa shape index (κ2) is 11.1. The second-order valence-corrected chi connectivity index (χ2v) is 8.24. The highest BCUT2D eigenvalue weighted by Gasteiger charge is 2.13. The fourth-order valence-corrected chi connectivity index (χ4v) is 2.85. The molecule has 0 fully saturated rings. The summed E-state index contributed by atoms with van der Waals surface area (Å²) in [4.78, 5) is 28.1. The van der Waals surface area contributed by atoms with E-state index in [1.807, 2.05) is 56.1 Å². The van der Waals surface area contributed by atoms with Crippen molar-refractivity contribution < 1.29 is 19.8 Å². The standard InChI is InChI=1S/C14H20I2N4O4/c1-18(15)5-6-19(9-13(21)22)7-11-3-2-4-12(17-11)8-20(16)10-14(23)24/h2-4H,5-10H2,1H3,(H,21,22)(H,23,24). The zero-order valence-corrected chi connectivity index (χ0v) is 17.5. The number of hydrogen-bond donors (Lipinski definition) is 2. The van der Waals surface area contributed by atoms with Crippen molar-refractivity contribution in [2.75, 3.05) is 33.2 Å². The lowest BCUT2D eigenvalue weighted by molar-refractivity contribution is -0.139. The van der Waals surface area contributed by atoms with E-state index in [0.717, 1.165) is 17.9 Å². The van der Waals surface area contributed by atoms with E-state index in [0.29, 0.717) is 19.6 Å². The van der Waals surface area contributed by atoms with Crippen LogP contribution >= 0.6 is 45.7 Å². The number of carbonyl (C=O) groups is 2. The number of halogens is 2. The van der Waals surface area contributed by atoms with Gasteiger partial charge in [0.1, 0.15) is 6.54 Å². The Kier molecular flexibility index (Phi) is 9.95. The van der Waals surface area contributed by atoms with Gasteiger partial charge in [-0.3, -0.25) is 19.5 Å². The molecule has 0 aliphatic rings. The second-order valence-electron chi connectivity index (χ2n) is 5.23. The average Bonchev–Trinajstić information content (AvgIpc) is 2.43. The number of rotatable bonds is 11. The Hall–Kier alpha value is -0.570. The van der Waals surface area contributed by atoms with E-state index in [-0.39, 0.29) is 13.1 Å². The van der Waals surface area contributed by atoms with E-state index < -0.39 is 11.9 Å². The molecule has 0 amide bonds. The van der Waals surface area contributed by atoms with Gasteiger partial charge in [-0.1, -0.05) is 6.07 Å². The van der Waals surface area contributed by atoms with Crippen LogP contribution in [0.2, 0.25) is 0 Å². The van der Waals surface area contributed by atoms with Gasteiger partial charge < -0.3 is 10.2 Å². The Labute approximate surface area is 168 Å². The van der Waals surface area contributed by atoms with Crippen molar-refractivity contribution in [2.24, 2.45) is 0 Å².